The molecule has 16 heavy (non-hydrogen) atoms. The summed E-state index contributed by atoms with van der Waals surface area (Å²) in [5.41, 5.74) is 0.908. The van der Waals surface area contributed by atoms with Gasteiger partial charge in [0.2, 0.25) is 0 Å². The van der Waals surface area contributed by atoms with Crippen LogP contribution in [0, 0.1) is 0 Å². The molecule has 0 aliphatic rings. The minimum Gasteiger partial charge on any atom is -0.493 e. The second-order valence-corrected chi connectivity index (χ2v) is 3.98. The largest absolute Gasteiger partial charge is 0.493 e. The second kappa shape index (κ2) is 6.51. The molecule has 2 atom stereocenters. The van der Waals surface area contributed by atoms with Crippen molar-refractivity contribution in [3.05, 3.63) is 29.8 Å². The van der Waals surface area contributed by atoms with Crippen LogP contribution in [0.25, 0.3) is 0 Å². The molecule has 3 heteroatoms. The van der Waals surface area contributed by atoms with Gasteiger partial charge in [-0.1, -0.05) is 19.1 Å². The standard InChI is InChI=1S/C13H20O3/c1-3-13(15)11-4-6-12(7-5-11)16-9-8-10(2)14/h4-7,10,13-15H,3,8-9H2,1-2H3. The van der Waals surface area contributed by atoms with Gasteiger partial charge in [-0.2, -0.15) is 0 Å². The maximum atomic E-state index is 9.60. The molecule has 0 aliphatic carbocycles. The van der Waals surface area contributed by atoms with E-state index < -0.39 is 6.10 Å². The molecule has 0 heterocycles. The average molecular weight is 224 g/mol. The van der Waals surface area contributed by atoms with Crippen LogP contribution in [0.1, 0.15) is 38.4 Å². The van der Waals surface area contributed by atoms with Crippen LogP contribution >= 0.6 is 0 Å². The van der Waals surface area contributed by atoms with Crippen molar-refractivity contribution in [1.29, 1.82) is 0 Å². The quantitative estimate of drug-likeness (QED) is 0.779. The lowest BCUT2D eigenvalue weighted by atomic mass is 10.1. The molecule has 0 saturated carbocycles. The van der Waals surface area contributed by atoms with E-state index in [1.165, 1.54) is 0 Å². The zero-order valence-electron chi connectivity index (χ0n) is 9.89. The van der Waals surface area contributed by atoms with Gasteiger partial charge in [-0.3, -0.25) is 0 Å². The van der Waals surface area contributed by atoms with Crippen LogP contribution in [0.15, 0.2) is 24.3 Å². The van der Waals surface area contributed by atoms with E-state index in [9.17, 15) is 5.11 Å². The highest BCUT2D eigenvalue weighted by Crippen LogP contribution is 2.19. The third-order valence-electron chi connectivity index (χ3n) is 2.46. The number of benzene rings is 1. The summed E-state index contributed by atoms with van der Waals surface area (Å²) in [6.07, 6.45) is 0.606. The first kappa shape index (κ1) is 13.0. The highest BCUT2D eigenvalue weighted by Gasteiger charge is 2.04. The van der Waals surface area contributed by atoms with Crippen molar-refractivity contribution in [2.45, 2.75) is 38.9 Å². The summed E-state index contributed by atoms with van der Waals surface area (Å²) in [4.78, 5) is 0. The molecule has 2 N–H and O–H groups in total. The molecular weight excluding hydrogens is 204 g/mol. The van der Waals surface area contributed by atoms with Crippen molar-refractivity contribution in [2.24, 2.45) is 0 Å². The summed E-state index contributed by atoms with van der Waals surface area (Å²) in [6.45, 7) is 4.19. The number of hydrogen-bond donors (Lipinski definition) is 2. The Kier molecular flexibility index (Phi) is 5.29. The van der Waals surface area contributed by atoms with E-state index >= 15 is 0 Å². The van der Waals surface area contributed by atoms with E-state index in [2.05, 4.69) is 0 Å². The van der Waals surface area contributed by atoms with E-state index in [0.29, 0.717) is 19.4 Å². The summed E-state index contributed by atoms with van der Waals surface area (Å²) in [5.74, 6) is 0.771. The molecule has 0 saturated heterocycles. The summed E-state index contributed by atoms with van der Waals surface area (Å²) < 4.78 is 5.44. The SMILES string of the molecule is CCC(O)c1ccc(OCCC(C)O)cc1. The molecule has 0 fully saturated rings. The number of rotatable bonds is 6. The first-order valence-corrected chi connectivity index (χ1v) is 5.72. The van der Waals surface area contributed by atoms with Crippen molar-refractivity contribution in [3.63, 3.8) is 0 Å². The molecule has 1 rings (SSSR count). The van der Waals surface area contributed by atoms with Crippen LogP contribution in [-0.2, 0) is 0 Å². The van der Waals surface area contributed by atoms with Gasteiger partial charge in [-0.15, -0.1) is 0 Å². The van der Waals surface area contributed by atoms with E-state index in [0.717, 1.165) is 11.3 Å². The molecule has 0 aliphatic heterocycles. The van der Waals surface area contributed by atoms with Crippen LogP contribution in [0.2, 0.25) is 0 Å². The summed E-state index contributed by atoms with van der Waals surface area (Å²) in [5, 5.41) is 18.7. The van der Waals surface area contributed by atoms with Gasteiger partial charge in [0.15, 0.2) is 0 Å². The van der Waals surface area contributed by atoms with Crippen molar-refractivity contribution >= 4 is 0 Å². The van der Waals surface area contributed by atoms with Gasteiger partial charge < -0.3 is 14.9 Å². The normalized spacial score (nSPS) is 14.5. The van der Waals surface area contributed by atoms with E-state index in [-0.39, 0.29) is 6.10 Å². The minimum atomic E-state index is -0.397. The second-order valence-electron chi connectivity index (χ2n) is 3.98. The number of hydrogen-bond acceptors (Lipinski definition) is 3. The Morgan fingerprint density at radius 1 is 1.19 bits per heavy atom. The van der Waals surface area contributed by atoms with E-state index in [1.807, 2.05) is 31.2 Å². The monoisotopic (exact) mass is 224 g/mol. The predicted octanol–water partition coefficient (Wildman–Crippen LogP) is 2.28. The predicted molar refractivity (Wildman–Crippen MR) is 63.5 cm³/mol. The average Bonchev–Trinajstić information content (AvgIpc) is 2.28. The Labute approximate surface area is 96.7 Å². The van der Waals surface area contributed by atoms with Crippen molar-refractivity contribution in [3.8, 4) is 5.75 Å². The topological polar surface area (TPSA) is 49.7 Å². The van der Waals surface area contributed by atoms with Crippen LogP contribution in [-0.4, -0.2) is 22.9 Å². The first-order chi connectivity index (χ1) is 7.63. The van der Waals surface area contributed by atoms with Crippen LogP contribution < -0.4 is 4.74 Å². The lowest BCUT2D eigenvalue weighted by Crippen LogP contribution is -2.07. The van der Waals surface area contributed by atoms with Gasteiger partial charge in [0.1, 0.15) is 5.75 Å². The molecule has 2 unspecified atom stereocenters. The van der Waals surface area contributed by atoms with Gasteiger partial charge in [0.25, 0.3) is 0 Å². The van der Waals surface area contributed by atoms with Crippen LogP contribution in [0.4, 0.5) is 0 Å². The molecule has 90 valence electrons. The highest BCUT2D eigenvalue weighted by molar-refractivity contribution is 5.28. The van der Waals surface area contributed by atoms with E-state index in [1.54, 1.807) is 6.92 Å². The number of ether oxygens (including phenoxy) is 1. The fourth-order valence-corrected chi connectivity index (χ4v) is 1.37. The van der Waals surface area contributed by atoms with Gasteiger partial charge >= 0.3 is 0 Å². The minimum absolute atomic E-state index is 0.332. The first-order valence-electron chi connectivity index (χ1n) is 5.72. The molecule has 0 amide bonds. The lowest BCUT2D eigenvalue weighted by molar-refractivity contribution is 0.155. The Bertz CT molecular complexity index is 293. The van der Waals surface area contributed by atoms with Crippen LogP contribution in [0.3, 0.4) is 0 Å². The number of aliphatic hydroxyl groups is 2. The van der Waals surface area contributed by atoms with Crippen LogP contribution in [0.5, 0.6) is 5.75 Å². The van der Waals surface area contributed by atoms with Crippen molar-refractivity contribution in [2.75, 3.05) is 6.61 Å². The third-order valence-corrected chi connectivity index (χ3v) is 2.46. The smallest absolute Gasteiger partial charge is 0.119 e. The fourth-order valence-electron chi connectivity index (χ4n) is 1.37. The highest BCUT2D eigenvalue weighted by atomic mass is 16.5. The Balaban J connectivity index is 2.45. The van der Waals surface area contributed by atoms with Gasteiger partial charge in [0, 0.05) is 6.42 Å². The molecular formula is C13H20O3. The van der Waals surface area contributed by atoms with Gasteiger partial charge in [0.05, 0.1) is 18.8 Å². The lowest BCUT2D eigenvalue weighted by Gasteiger charge is -2.10. The summed E-state index contributed by atoms with van der Waals surface area (Å²) in [6, 6.07) is 7.42. The van der Waals surface area contributed by atoms with Crippen molar-refractivity contribution < 1.29 is 14.9 Å². The third kappa shape index (κ3) is 4.21. The molecule has 1 aromatic rings. The number of aliphatic hydroxyl groups excluding tert-OH is 2. The maximum Gasteiger partial charge on any atom is 0.119 e. The summed E-state index contributed by atoms with van der Waals surface area (Å²) >= 11 is 0. The zero-order chi connectivity index (χ0) is 12.0. The zero-order valence-corrected chi connectivity index (χ0v) is 9.89. The molecule has 1 aromatic carbocycles. The summed E-state index contributed by atoms with van der Waals surface area (Å²) in [7, 11) is 0. The Hall–Kier alpha value is -1.06. The Morgan fingerprint density at radius 2 is 1.81 bits per heavy atom. The molecule has 0 spiro atoms. The Morgan fingerprint density at radius 3 is 2.31 bits per heavy atom. The van der Waals surface area contributed by atoms with Gasteiger partial charge in [-0.05, 0) is 31.0 Å². The molecule has 0 radical (unpaired) electrons. The molecule has 0 bridgehead atoms. The molecule has 3 nitrogen and oxygen atoms in total. The van der Waals surface area contributed by atoms with Crippen molar-refractivity contribution in [1.82, 2.24) is 0 Å². The fraction of sp³-hybridized carbons (Fsp3) is 0.538. The van der Waals surface area contributed by atoms with E-state index in [4.69, 9.17) is 9.84 Å². The van der Waals surface area contributed by atoms with Gasteiger partial charge in [-0.25, -0.2) is 0 Å². The maximum absolute atomic E-state index is 9.60. The molecule has 0 aromatic heterocycles.